The Bertz CT molecular complexity index is 6980. The zero-order valence-corrected chi connectivity index (χ0v) is 62.0. The number of benzene rings is 14. The predicted octanol–water partition coefficient (Wildman–Crippen LogP) is 26.3. The molecule has 1 aliphatic rings. The molecule has 0 N–H and O–H groups in total. The third-order valence-electron chi connectivity index (χ3n) is 21.2. The van der Waals surface area contributed by atoms with Crippen molar-refractivity contribution in [1.82, 2.24) is 24.1 Å². The summed E-state index contributed by atoms with van der Waals surface area (Å²) in [7, 11) is -0.354. The van der Waals surface area contributed by atoms with E-state index in [0.29, 0.717) is 17.7 Å². The molecule has 0 saturated carbocycles. The van der Waals surface area contributed by atoms with Gasteiger partial charge in [-0.05, 0) is 225 Å². The van der Waals surface area contributed by atoms with Crippen LogP contribution in [-0.4, -0.2) is 42.4 Å². The number of oxazole rings is 3. The molecule has 21 aromatic rings. The fourth-order valence-corrected chi connectivity index (χ4v) is 15.6. The van der Waals surface area contributed by atoms with Crippen molar-refractivity contribution in [1.29, 1.82) is 0 Å². The van der Waals surface area contributed by atoms with Crippen molar-refractivity contribution >= 4 is 165 Å². The van der Waals surface area contributed by atoms with Crippen molar-refractivity contribution in [3.05, 3.63) is 312 Å². The summed E-state index contributed by atoms with van der Waals surface area (Å²) in [4.78, 5) is 13.9. The molecule has 15 heteroatoms. The maximum atomic E-state index is 6.63. The molecule has 0 bridgehead atoms. The number of fused-ring (bicyclic) bond motifs is 15. The number of furan rings is 2. The van der Waals surface area contributed by atoms with Gasteiger partial charge in [0.05, 0.1) is 33.3 Å². The first-order valence-corrected chi connectivity index (χ1v) is 37.4. The van der Waals surface area contributed by atoms with E-state index in [9.17, 15) is 0 Å². The van der Waals surface area contributed by atoms with Gasteiger partial charge in [-0.2, -0.15) is 0 Å². The van der Waals surface area contributed by atoms with Gasteiger partial charge in [0.25, 0.3) is 0 Å². The van der Waals surface area contributed by atoms with Gasteiger partial charge in [0.15, 0.2) is 16.7 Å². The van der Waals surface area contributed by atoms with Gasteiger partial charge >= 0.3 is 7.12 Å². The Morgan fingerprint density at radius 3 is 1.07 bits per heavy atom. The zero-order chi connectivity index (χ0) is 72.5. The van der Waals surface area contributed by atoms with Gasteiger partial charge < -0.3 is 40.5 Å². The lowest BCUT2D eigenvalue weighted by molar-refractivity contribution is 0.00578. The van der Waals surface area contributed by atoms with E-state index in [-0.39, 0.29) is 25.7 Å². The quantitative estimate of drug-likeness (QED) is 0.135. The van der Waals surface area contributed by atoms with E-state index in [2.05, 4.69) is 278 Å². The zero-order valence-electron chi connectivity index (χ0n) is 58.8. The van der Waals surface area contributed by atoms with Crippen LogP contribution in [0.3, 0.4) is 0 Å². The van der Waals surface area contributed by atoms with Crippen molar-refractivity contribution < 1.29 is 31.4 Å². The molecular formula is C94H66BBr2N5O7. The number of halogens is 2. The predicted molar refractivity (Wildman–Crippen MR) is 450 cm³/mol. The molecule has 1 aliphatic heterocycles. The number of para-hydroxylation sites is 8. The average Bonchev–Trinajstić information content (AvgIpc) is 1.57. The van der Waals surface area contributed by atoms with Crippen LogP contribution in [0.15, 0.2) is 334 Å². The first-order chi connectivity index (χ1) is 52.7. The first-order valence-electron chi connectivity index (χ1n) is 35.8. The number of aromatic nitrogens is 5. The summed E-state index contributed by atoms with van der Waals surface area (Å²) in [6, 6.07) is 104. The summed E-state index contributed by atoms with van der Waals surface area (Å²) >= 11 is 7.17. The average molecular weight is 1550 g/mol. The summed E-state index contributed by atoms with van der Waals surface area (Å²) in [5, 5.41) is 9.14. The van der Waals surface area contributed by atoms with E-state index in [1.807, 2.05) is 109 Å². The number of nitrogens with zero attached hydrogens (tertiary/aromatic N) is 5. The smallest absolute Gasteiger partial charge is 0.456 e. The lowest BCUT2D eigenvalue weighted by Crippen LogP contribution is -2.41. The molecule has 526 valence electrons. The topological polar surface area (TPSA) is 133 Å². The highest BCUT2D eigenvalue weighted by molar-refractivity contribution is 9.10. The van der Waals surface area contributed by atoms with Gasteiger partial charge in [0, 0.05) is 80.1 Å². The largest absolute Gasteiger partial charge is 0.494 e. The van der Waals surface area contributed by atoms with Crippen LogP contribution in [0.4, 0.5) is 0 Å². The Labute approximate surface area is 642 Å². The standard InChI is InChI=1S/C50H29N3O3.C24H13Br2NO.C19H20BNO3.CH4/c1-2-8-36(9-3-1)53-43-26-34(30-14-18-32(19-15-30)49-51-41-10-4-6-12-45(41)55-49)22-24-37(43)39-29-48-40(28-44(39)53)38-25-23-35(27-47(38)54-48)31-16-20-33(21-17-31)50-52-42-11-5-7-13-46(42)56-50;25-14-6-8-17-19-13-24-20(18-9-7-15(26)11-23(18)28-24)12-22(19)27(21(17)10-14)16-4-2-1-3-5-16;1-18(2)19(3,4)24-20(23-18)14-11-9-13(10-12-14)17-21-15-7-5-6-8-16(15)22-17;/h1-29H;1-13H;5-12H,1-4H3;1H4. The molecule has 1 saturated heterocycles. The lowest BCUT2D eigenvalue weighted by Gasteiger charge is -2.32. The van der Waals surface area contributed by atoms with Gasteiger partial charge in [-0.15, -0.1) is 0 Å². The van der Waals surface area contributed by atoms with Crippen molar-refractivity contribution in [2.24, 2.45) is 0 Å². The Morgan fingerprint density at radius 1 is 0.275 bits per heavy atom. The van der Waals surface area contributed by atoms with Gasteiger partial charge in [0.2, 0.25) is 17.7 Å². The minimum absolute atomic E-state index is 0. The maximum absolute atomic E-state index is 6.63. The fourth-order valence-electron chi connectivity index (χ4n) is 14.9. The van der Waals surface area contributed by atoms with Crippen molar-refractivity contribution in [3.8, 4) is 68.0 Å². The van der Waals surface area contributed by atoms with E-state index in [1.54, 1.807) is 0 Å². The Kier molecular flexibility index (Phi) is 16.4. The molecule has 14 aromatic carbocycles. The van der Waals surface area contributed by atoms with Crippen molar-refractivity contribution in [2.75, 3.05) is 0 Å². The van der Waals surface area contributed by atoms with Crippen LogP contribution >= 0.6 is 31.9 Å². The first kappa shape index (κ1) is 67.3. The number of hydrogen-bond acceptors (Lipinski definition) is 10. The molecule has 0 atom stereocenters. The molecule has 0 radical (unpaired) electrons. The molecular weight excluding hydrogens is 1480 g/mol. The second-order valence-corrected chi connectivity index (χ2v) is 30.2. The minimum atomic E-state index is -0.354. The van der Waals surface area contributed by atoms with Gasteiger partial charge in [0.1, 0.15) is 38.9 Å². The van der Waals surface area contributed by atoms with E-state index in [1.165, 1.54) is 21.8 Å². The highest BCUT2D eigenvalue weighted by Gasteiger charge is 2.51. The molecule has 22 rings (SSSR count). The normalized spacial score (nSPS) is 13.4. The maximum Gasteiger partial charge on any atom is 0.494 e. The van der Waals surface area contributed by atoms with Crippen molar-refractivity contribution in [2.45, 2.75) is 46.3 Å². The second-order valence-electron chi connectivity index (χ2n) is 28.3. The number of hydrogen-bond donors (Lipinski definition) is 0. The summed E-state index contributed by atoms with van der Waals surface area (Å²) < 4.78 is 49.6. The van der Waals surface area contributed by atoms with Crippen molar-refractivity contribution in [3.63, 3.8) is 0 Å². The molecule has 12 nitrogen and oxygen atoms in total. The monoisotopic (exact) mass is 1550 g/mol. The molecule has 0 aliphatic carbocycles. The SMILES string of the molecule is Brc1ccc2c(c1)oc1cc3c4ccc(Br)cc4n(-c4ccccc4)c3cc12.C.CC1(C)OB(c2ccc(-c3nc4ccccc4o3)cc2)OC1(C)C.c1ccc(-n2c3cc(-c4ccc(-c5nc6ccccc6o5)cc4)ccc3c3cc4oc5cc(-c6ccc(-c7nc8ccccc8o7)cc6)ccc5c4cc32)cc1. The van der Waals surface area contributed by atoms with Gasteiger partial charge in [-0.25, -0.2) is 15.0 Å². The third kappa shape index (κ3) is 11.9. The molecule has 0 amide bonds. The van der Waals surface area contributed by atoms with E-state index >= 15 is 0 Å². The van der Waals surface area contributed by atoms with E-state index in [4.69, 9.17) is 31.4 Å². The lowest BCUT2D eigenvalue weighted by atomic mass is 9.79. The molecule has 1 fully saturated rings. The highest BCUT2D eigenvalue weighted by atomic mass is 79.9. The van der Waals surface area contributed by atoms with Crippen LogP contribution in [-0.2, 0) is 9.31 Å². The summed E-state index contributed by atoms with van der Waals surface area (Å²) in [5.74, 6) is 1.86. The molecule has 109 heavy (non-hydrogen) atoms. The van der Waals surface area contributed by atoms with Crippen LogP contribution < -0.4 is 5.46 Å². The van der Waals surface area contributed by atoms with Crippen LogP contribution in [0.25, 0.3) is 189 Å². The summed E-state index contributed by atoms with van der Waals surface area (Å²) in [6.07, 6.45) is 0. The highest BCUT2D eigenvalue weighted by Crippen LogP contribution is 2.44. The Hall–Kier alpha value is -12.4. The van der Waals surface area contributed by atoms with Crippen LogP contribution in [0, 0.1) is 0 Å². The molecule has 7 aromatic heterocycles. The van der Waals surface area contributed by atoms with Gasteiger partial charge in [-0.3, -0.25) is 0 Å². The number of rotatable bonds is 8. The Morgan fingerprint density at radius 2 is 0.615 bits per heavy atom. The van der Waals surface area contributed by atoms with Crippen LogP contribution in [0.1, 0.15) is 35.1 Å². The second kappa shape index (κ2) is 26.5. The minimum Gasteiger partial charge on any atom is -0.456 e. The summed E-state index contributed by atoms with van der Waals surface area (Å²) in [6.45, 7) is 8.22. The van der Waals surface area contributed by atoms with Crippen LogP contribution in [0.2, 0.25) is 0 Å². The molecule has 0 unspecified atom stereocenters. The van der Waals surface area contributed by atoms with Crippen LogP contribution in [0.5, 0.6) is 0 Å². The van der Waals surface area contributed by atoms with E-state index in [0.717, 1.165) is 164 Å². The third-order valence-corrected chi connectivity index (χ3v) is 22.2. The molecule has 8 heterocycles. The van der Waals surface area contributed by atoms with E-state index < -0.39 is 0 Å². The Balaban J connectivity index is 0.000000126. The fraction of sp³-hybridized carbons (Fsp3) is 0.0745. The summed E-state index contributed by atoms with van der Waals surface area (Å²) in [5.41, 5.74) is 22.9. The molecule has 0 spiro atoms. The van der Waals surface area contributed by atoms with Gasteiger partial charge in [-0.1, -0.05) is 173 Å².